The first kappa shape index (κ1) is 19.6. The second-order valence-corrected chi connectivity index (χ2v) is 10.3. The van der Waals surface area contributed by atoms with Crippen molar-refractivity contribution in [1.29, 1.82) is 0 Å². The van der Waals surface area contributed by atoms with Gasteiger partial charge in [-0.25, -0.2) is 4.98 Å². The second-order valence-electron chi connectivity index (χ2n) is 8.21. The Balaban J connectivity index is 1.36. The Kier molecular flexibility index (Phi) is 5.07. The monoisotopic (exact) mass is 437 g/mol. The molecule has 0 unspecified atom stereocenters. The van der Waals surface area contributed by atoms with Crippen LogP contribution < -0.4 is 10.6 Å². The molecule has 2 N–H and O–H groups in total. The van der Waals surface area contributed by atoms with Crippen molar-refractivity contribution in [2.45, 2.75) is 26.3 Å². The van der Waals surface area contributed by atoms with Crippen molar-refractivity contribution in [3.8, 4) is 22.9 Å². The van der Waals surface area contributed by atoms with E-state index in [1.54, 1.807) is 35.1 Å². The van der Waals surface area contributed by atoms with E-state index in [1.807, 2.05) is 6.07 Å². The number of pyridine rings is 1. The standard InChI is InChI=1S/C22H23N5OS2/c1-3-22(2)12-27(13-22)9-6-18(28)26-21-19(14-4-7-24-11-17(14)30-21)20-25-15-10-23-8-5-16(15)29-20/h1,5,8,10,24H,4,6-7,9,11-13H2,2H3,(H,26,28). The van der Waals surface area contributed by atoms with E-state index in [2.05, 4.69) is 33.4 Å². The smallest absolute Gasteiger partial charge is 0.226 e. The van der Waals surface area contributed by atoms with Crippen molar-refractivity contribution in [2.24, 2.45) is 5.41 Å². The summed E-state index contributed by atoms with van der Waals surface area (Å²) in [5.74, 6) is 2.88. The summed E-state index contributed by atoms with van der Waals surface area (Å²) in [6.07, 6.45) is 10.6. The number of likely N-dealkylation sites (tertiary alicyclic amines) is 1. The minimum atomic E-state index is -0.0366. The number of terminal acetylenes is 1. The molecule has 3 aromatic rings. The summed E-state index contributed by atoms with van der Waals surface area (Å²) in [6, 6.07) is 1.99. The molecule has 0 aromatic carbocycles. The number of thiazole rings is 1. The third kappa shape index (κ3) is 3.63. The van der Waals surface area contributed by atoms with Gasteiger partial charge >= 0.3 is 0 Å². The zero-order valence-electron chi connectivity index (χ0n) is 16.8. The first-order chi connectivity index (χ1) is 14.5. The molecule has 5 heterocycles. The van der Waals surface area contributed by atoms with E-state index in [0.29, 0.717) is 6.42 Å². The highest BCUT2D eigenvalue weighted by Crippen LogP contribution is 2.44. The lowest BCUT2D eigenvalue weighted by atomic mass is 9.83. The van der Waals surface area contributed by atoms with Gasteiger partial charge in [0.15, 0.2) is 0 Å². The van der Waals surface area contributed by atoms with Gasteiger partial charge < -0.3 is 10.6 Å². The Labute approximate surface area is 183 Å². The summed E-state index contributed by atoms with van der Waals surface area (Å²) in [7, 11) is 0. The Morgan fingerprint density at radius 1 is 1.43 bits per heavy atom. The van der Waals surface area contributed by atoms with Gasteiger partial charge in [0.05, 0.1) is 16.3 Å². The molecule has 0 atom stereocenters. The molecular weight excluding hydrogens is 414 g/mol. The number of fused-ring (bicyclic) bond motifs is 2. The number of hydrogen-bond acceptors (Lipinski definition) is 7. The number of nitrogens with zero attached hydrogens (tertiary/aromatic N) is 3. The predicted molar refractivity (Wildman–Crippen MR) is 123 cm³/mol. The van der Waals surface area contributed by atoms with Gasteiger partial charge in [-0.05, 0) is 31.5 Å². The molecule has 2 aliphatic rings. The Morgan fingerprint density at radius 3 is 3.10 bits per heavy atom. The SMILES string of the molecule is C#CC1(C)CN(CCC(=O)Nc2sc3c(c2-c2nc4cnccc4s2)CCNC3)C1. The molecule has 0 radical (unpaired) electrons. The van der Waals surface area contributed by atoms with E-state index in [-0.39, 0.29) is 11.3 Å². The molecule has 8 heteroatoms. The molecule has 1 saturated heterocycles. The van der Waals surface area contributed by atoms with Crippen LogP contribution in [0, 0.1) is 17.8 Å². The summed E-state index contributed by atoms with van der Waals surface area (Å²) in [4.78, 5) is 25.3. The van der Waals surface area contributed by atoms with Crippen LogP contribution in [0.25, 0.3) is 20.8 Å². The van der Waals surface area contributed by atoms with Crippen LogP contribution in [-0.2, 0) is 17.8 Å². The number of amides is 1. The minimum absolute atomic E-state index is 0.0366. The molecule has 2 aliphatic heterocycles. The maximum absolute atomic E-state index is 12.7. The van der Waals surface area contributed by atoms with Gasteiger partial charge in [0.2, 0.25) is 5.91 Å². The van der Waals surface area contributed by atoms with E-state index >= 15 is 0 Å². The number of carbonyl (C=O) groups is 1. The maximum Gasteiger partial charge on any atom is 0.226 e. The fourth-order valence-corrected chi connectivity index (χ4v) is 6.49. The van der Waals surface area contributed by atoms with E-state index < -0.39 is 0 Å². The summed E-state index contributed by atoms with van der Waals surface area (Å²) in [5.41, 5.74) is 3.27. The van der Waals surface area contributed by atoms with Gasteiger partial charge in [0.1, 0.15) is 15.5 Å². The van der Waals surface area contributed by atoms with Crippen LogP contribution >= 0.6 is 22.7 Å². The Bertz CT molecular complexity index is 1120. The van der Waals surface area contributed by atoms with Crippen molar-refractivity contribution in [2.75, 3.05) is 31.5 Å². The zero-order valence-corrected chi connectivity index (χ0v) is 18.5. The number of thiophene rings is 1. The molecule has 6 nitrogen and oxygen atoms in total. The molecular formula is C22H23N5OS2. The first-order valence-electron chi connectivity index (χ1n) is 10.1. The number of nitrogens with one attached hydrogen (secondary N) is 2. The summed E-state index contributed by atoms with van der Waals surface area (Å²) in [6.45, 7) is 6.33. The Morgan fingerprint density at radius 2 is 2.30 bits per heavy atom. The van der Waals surface area contributed by atoms with Gasteiger partial charge in [-0.2, -0.15) is 0 Å². The zero-order chi connectivity index (χ0) is 20.7. The normalized spacial score (nSPS) is 17.9. The van der Waals surface area contributed by atoms with Crippen molar-refractivity contribution >= 4 is 43.8 Å². The number of carbonyl (C=O) groups excluding carboxylic acids is 1. The highest BCUT2D eigenvalue weighted by atomic mass is 32.1. The molecule has 0 spiro atoms. The van der Waals surface area contributed by atoms with Crippen LogP contribution in [-0.4, -0.2) is 47.0 Å². The average molecular weight is 438 g/mol. The molecule has 1 fully saturated rings. The largest absolute Gasteiger partial charge is 0.317 e. The molecule has 0 bridgehead atoms. The number of hydrogen-bond donors (Lipinski definition) is 2. The van der Waals surface area contributed by atoms with Gasteiger partial charge in [-0.3, -0.25) is 14.7 Å². The molecule has 154 valence electrons. The first-order valence-corrected chi connectivity index (χ1v) is 11.7. The number of rotatable bonds is 5. The fraction of sp³-hybridized carbons (Fsp3) is 0.409. The van der Waals surface area contributed by atoms with E-state index in [1.165, 1.54) is 10.4 Å². The van der Waals surface area contributed by atoms with Crippen LogP contribution in [0.3, 0.4) is 0 Å². The lowest BCUT2D eigenvalue weighted by molar-refractivity contribution is -0.117. The summed E-state index contributed by atoms with van der Waals surface area (Å²) < 4.78 is 1.11. The molecule has 5 rings (SSSR count). The molecule has 3 aromatic heterocycles. The van der Waals surface area contributed by atoms with E-state index in [9.17, 15) is 4.79 Å². The number of aromatic nitrogens is 2. The van der Waals surface area contributed by atoms with Crippen molar-refractivity contribution in [3.63, 3.8) is 0 Å². The minimum Gasteiger partial charge on any atom is -0.317 e. The van der Waals surface area contributed by atoms with Crippen molar-refractivity contribution in [3.05, 3.63) is 28.9 Å². The predicted octanol–water partition coefficient (Wildman–Crippen LogP) is 3.35. The van der Waals surface area contributed by atoms with Crippen molar-refractivity contribution < 1.29 is 4.79 Å². The quantitative estimate of drug-likeness (QED) is 0.599. The molecule has 1 amide bonds. The Hall–Kier alpha value is -2.31. The van der Waals surface area contributed by atoms with Crippen LogP contribution in [0.4, 0.5) is 5.00 Å². The highest BCUT2D eigenvalue weighted by molar-refractivity contribution is 7.22. The van der Waals surface area contributed by atoms with Crippen LogP contribution in [0.15, 0.2) is 18.5 Å². The maximum atomic E-state index is 12.7. The van der Waals surface area contributed by atoms with Gasteiger partial charge in [-0.1, -0.05) is 5.92 Å². The van der Waals surface area contributed by atoms with Gasteiger partial charge in [0.25, 0.3) is 0 Å². The van der Waals surface area contributed by atoms with Gasteiger partial charge in [0, 0.05) is 49.2 Å². The lowest BCUT2D eigenvalue weighted by Gasteiger charge is -2.44. The number of anilines is 1. The van der Waals surface area contributed by atoms with E-state index in [0.717, 1.165) is 64.9 Å². The van der Waals surface area contributed by atoms with Crippen molar-refractivity contribution in [1.82, 2.24) is 20.2 Å². The third-order valence-corrected chi connectivity index (χ3v) is 7.93. The summed E-state index contributed by atoms with van der Waals surface area (Å²) >= 11 is 3.33. The third-order valence-electron chi connectivity index (χ3n) is 5.73. The second kappa shape index (κ2) is 7.75. The average Bonchev–Trinajstić information content (AvgIpc) is 3.30. The topological polar surface area (TPSA) is 70.2 Å². The van der Waals surface area contributed by atoms with E-state index in [4.69, 9.17) is 11.4 Å². The molecule has 30 heavy (non-hydrogen) atoms. The van der Waals surface area contributed by atoms with Crippen LogP contribution in [0.5, 0.6) is 0 Å². The summed E-state index contributed by atoms with van der Waals surface area (Å²) in [5, 5.41) is 8.49. The fourth-order valence-electron chi connectivity index (χ4n) is 4.17. The molecule has 0 saturated carbocycles. The van der Waals surface area contributed by atoms with Crippen LogP contribution in [0.2, 0.25) is 0 Å². The lowest BCUT2D eigenvalue weighted by Crippen LogP contribution is -2.54. The van der Waals surface area contributed by atoms with Gasteiger partial charge in [-0.15, -0.1) is 29.1 Å². The van der Waals surface area contributed by atoms with Crippen LogP contribution in [0.1, 0.15) is 23.8 Å². The highest BCUT2D eigenvalue weighted by Gasteiger charge is 2.36. The molecule has 0 aliphatic carbocycles.